The monoisotopic (exact) mass is 320 g/mol. The van der Waals surface area contributed by atoms with E-state index in [9.17, 15) is 13.2 Å². The molecule has 0 aliphatic carbocycles. The van der Waals surface area contributed by atoms with Crippen LogP contribution in [-0.2, 0) is 17.7 Å². The molecule has 7 heteroatoms. The van der Waals surface area contributed by atoms with E-state index in [0.29, 0.717) is 18.8 Å². The molecule has 0 aliphatic heterocycles. The van der Waals surface area contributed by atoms with Gasteiger partial charge >= 0.3 is 6.18 Å². The van der Waals surface area contributed by atoms with Crippen LogP contribution in [0.3, 0.4) is 0 Å². The fourth-order valence-electron chi connectivity index (χ4n) is 2.15. The second-order valence-corrected chi connectivity index (χ2v) is 5.16. The van der Waals surface area contributed by atoms with Crippen LogP contribution in [0.4, 0.5) is 13.2 Å². The van der Waals surface area contributed by atoms with Gasteiger partial charge in [0.05, 0.1) is 17.6 Å². The molecule has 0 saturated carbocycles. The zero-order valence-corrected chi connectivity index (χ0v) is 12.3. The molecule has 0 bridgehead atoms. The zero-order chi connectivity index (χ0) is 15.5. The number of aryl methyl sites for hydroxylation is 2. The Morgan fingerprint density at radius 1 is 1.33 bits per heavy atom. The SMILES string of the molecule is Cc1ccc2nc(CCCl)n(CCOCC(F)(F)F)c2c1. The lowest BCUT2D eigenvalue weighted by Crippen LogP contribution is -2.19. The highest BCUT2D eigenvalue weighted by Gasteiger charge is 2.27. The Morgan fingerprint density at radius 2 is 2.10 bits per heavy atom. The van der Waals surface area contributed by atoms with Crippen LogP contribution in [0.5, 0.6) is 0 Å². The molecule has 0 fully saturated rings. The van der Waals surface area contributed by atoms with E-state index < -0.39 is 12.8 Å². The molecule has 2 rings (SSSR count). The molecule has 3 nitrogen and oxygen atoms in total. The van der Waals surface area contributed by atoms with Crippen LogP contribution in [0.15, 0.2) is 18.2 Å². The van der Waals surface area contributed by atoms with E-state index in [2.05, 4.69) is 9.72 Å². The van der Waals surface area contributed by atoms with Gasteiger partial charge in [-0.3, -0.25) is 0 Å². The summed E-state index contributed by atoms with van der Waals surface area (Å²) in [5, 5.41) is 0. The Morgan fingerprint density at radius 3 is 2.76 bits per heavy atom. The van der Waals surface area contributed by atoms with E-state index >= 15 is 0 Å². The van der Waals surface area contributed by atoms with Crippen LogP contribution in [0.1, 0.15) is 11.4 Å². The highest BCUT2D eigenvalue weighted by molar-refractivity contribution is 6.17. The van der Waals surface area contributed by atoms with Gasteiger partial charge in [-0.15, -0.1) is 11.6 Å². The third-order valence-electron chi connectivity index (χ3n) is 3.03. The van der Waals surface area contributed by atoms with E-state index in [1.807, 2.05) is 29.7 Å². The largest absolute Gasteiger partial charge is 0.411 e. The third-order valence-corrected chi connectivity index (χ3v) is 3.21. The van der Waals surface area contributed by atoms with Crippen molar-refractivity contribution in [3.8, 4) is 0 Å². The predicted octanol–water partition coefficient (Wildman–Crippen LogP) is 3.70. The van der Waals surface area contributed by atoms with Gasteiger partial charge in [0.15, 0.2) is 0 Å². The van der Waals surface area contributed by atoms with E-state index in [-0.39, 0.29) is 6.61 Å². The van der Waals surface area contributed by atoms with Gasteiger partial charge in [-0.05, 0) is 24.6 Å². The summed E-state index contributed by atoms with van der Waals surface area (Å²) in [4.78, 5) is 4.47. The molecule has 0 saturated heterocycles. The van der Waals surface area contributed by atoms with Gasteiger partial charge in [0.2, 0.25) is 0 Å². The first-order valence-corrected chi connectivity index (χ1v) is 7.10. The number of aromatic nitrogens is 2. The molecule has 1 aromatic heterocycles. The highest BCUT2D eigenvalue weighted by atomic mass is 35.5. The van der Waals surface area contributed by atoms with Crippen molar-refractivity contribution in [3.63, 3.8) is 0 Å². The van der Waals surface area contributed by atoms with Crippen LogP contribution in [0.2, 0.25) is 0 Å². The maximum absolute atomic E-state index is 12.1. The van der Waals surface area contributed by atoms with Crippen molar-refractivity contribution in [2.24, 2.45) is 0 Å². The maximum Gasteiger partial charge on any atom is 0.411 e. The molecule has 0 N–H and O–H groups in total. The minimum atomic E-state index is -4.30. The Bertz CT molecular complexity index is 610. The molecule has 0 aliphatic rings. The lowest BCUT2D eigenvalue weighted by Gasteiger charge is -2.11. The lowest BCUT2D eigenvalue weighted by atomic mass is 10.2. The van der Waals surface area contributed by atoms with Gasteiger partial charge in [-0.25, -0.2) is 4.98 Å². The molecule has 0 radical (unpaired) electrons. The Labute approximate surface area is 125 Å². The second kappa shape index (κ2) is 6.66. The summed E-state index contributed by atoms with van der Waals surface area (Å²) in [7, 11) is 0. The lowest BCUT2D eigenvalue weighted by molar-refractivity contribution is -0.174. The van der Waals surface area contributed by atoms with Crippen LogP contribution in [-0.4, -0.2) is 34.8 Å². The number of hydrogen-bond acceptors (Lipinski definition) is 2. The smallest absolute Gasteiger partial charge is 0.370 e. The number of rotatable bonds is 6. The third kappa shape index (κ3) is 4.35. The molecule has 0 amide bonds. The molecule has 0 unspecified atom stereocenters. The number of hydrogen-bond donors (Lipinski definition) is 0. The first kappa shape index (κ1) is 16.1. The van der Waals surface area contributed by atoms with Gasteiger partial charge < -0.3 is 9.30 Å². The molecule has 1 aromatic carbocycles. The minimum Gasteiger partial charge on any atom is -0.370 e. The van der Waals surface area contributed by atoms with Gasteiger partial charge in [0.25, 0.3) is 0 Å². The van der Waals surface area contributed by atoms with Gasteiger partial charge in [-0.2, -0.15) is 13.2 Å². The summed E-state index contributed by atoms with van der Waals surface area (Å²) >= 11 is 5.75. The average Bonchev–Trinajstić information content (AvgIpc) is 2.71. The summed E-state index contributed by atoms with van der Waals surface area (Å²) < 4.78 is 42.8. The summed E-state index contributed by atoms with van der Waals surface area (Å²) in [6, 6.07) is 5.81. The van der Waals surface area contributed by atoms with Crippen molar-refractivity contribution in [3.05, 3.63) is 29.6 Å². The van der Waals surface area contributed by atoms with E-state index in [0.717, 1.165) is 22.4 Å². The fourth-order valence-corrected chi connectivity index (χ4v) is 2.32. The van der Waals surface area contributed by atoms with Crippen LogP contribution in [0, 0.1) is 6.92 Å². The van der Waals surface area contributed by atoms with Gasteiger partial charge in [-0.1, -0.05) is 6.07 Å². The van der Waals surface area contributed by atoms with E-state index in [4.69, 9.17) is 11.6 Å². The summed E-state index contributed by atoms with van der Waals surface area (Å²) in [5.41, 5.74) is 2.78. The molecule has 2 aromatic rings. The van der Waals surface area contributed by atoms with Crippen molar-refractivity contribution in [2.45, 2.75) is 26.1 Å². The summed E-state index contributed by atoms with van der Waals surface area (Å²) in [5.74, 6) is 1.17. The van der Waals surface area contributed by atoms with Gasteiger partial charge in [0.1, 0.15) is 12.4 Å². The molecular weight excluding hydrogens is 305 g/mol. The topological polar surface area (TPSA) is 27.1 Å². The quantitative estimate of drug-likeness (QED) is 0.599. The summed E-state index contributed by atoms with van der Waals surface area (Å²) in [6.07, 6.45) is -3.74. The summed E-state index contributed by atoms with van der Waals surface area (Å²) in [6.45, 7) is 1.03. The number of alkyl halides is 4. The maximum atomic E-state index is 12.1. The molecule has 0 spiro atoms. The van der Waals surface area contributed by atoms with Crippen LogP contribution in [0.25, 0.3) is 11.0 Å². The standard InChI is InChI=1S/C14H16ClF3N2O/c1-10-2-3-11-12(8-10)20(13(19-11)4-5-15)6-7-21-9-14(16,17)18/h2-3,8H,4-7,9H2,1H3. The van der Waals surface area contributed by atoms with Crippen molar-refractivity contribution < 1.29 is 17.9 Å². The second-order valence-electron chi connectivity index (χ2n) is 4.78. The first-order chi connectivity index (χ1) is 9.90. The Balaban J connectivity index is 2.15. The fraction of sp³-hybridized carbons (Fsp3) is 0.500. The number of imidazole rings is 1. The number of nitrogens with zero attached hydrogens (tertiary/aromatic N) is 2. The van der Waals surface area contributed by atoms with Crippen molar-refractivity contribution in [2.75, 3.05) is 19.1 Å². The van der Waals surface area contributed by atoms with E-state index in [1.54, 1.807) is 0 Å². The molecular formula is C14H16ClF3N2O. The Hall–Kier alpha value is -1.27. The van der Waals surface area contributed by atoms with E-state index in [1.165, 1.54) is 0 Å². The van der Waals surface area contributed by atoms with Crippen molar-refractivity contribution in [1.82, 2.24) is 9.55 Å². The first-order valence-electron chi connectivity index (χ1n) is 6.57. The highest BCUT2D eigenvalue weighted by Crippen LogP contribution is 2.19. The average molecular weight is 321 g/mol. The number of halogens is 4. The zero-order valence-electron chi connectivity index (χ0n) is 11.6. The molecule has 116 valence electrons. The normalized spacial score (nSPS) is 12.2. The number of benzene rings is 1. The van der Waals surface area contributed by atoms with Crippen molar-refractivity contribution >= 4 is 22.6 Å². The van der Waals surface area contributed by atoms with Gasteiger partial charge in [0, 0.05) is 18.8 Å². The molecule has 21 heavy (non-hydrogen) atoms. The van der Waals surface area contributed by atoms with Crippen molar-refractivity contribution in [1.29, 1.82) is 0 Å². The Kier molecular flexibility index (Phi) is 5.11. The molecule has 1 heterocycles. The predicted molar refractivity (Wildman–Crippen MR) is 75.8 cm³/mol. The van der Waals surface area contributed by atoms with Crippen LogP contribution < -0.4 is 0 Å². The minimum absolute atomic E-state index is 0.0196. The number of fused-ring (bicyclic) bond motifs is 1. The number of ether oxygens (including phenoxy) is 1. The van der Waals surface area contributed by atoms with Crippen LogP contribution >= 0.6 is 11.6 Å². The molecule has 0 atom stereocenters.